The van der Waals surface area contributed by atoms with Crippen molar-refractivity contribution in [3.8, 4) is 17.2 Å². The van der Waals surface area contributed by atoms with Crippen molar-refractivity contribution >= 4 is 0 Å². The van der Waals surface area contributed by atoms with Gasteiger partial charge in [0.15, 0.2) is 0 Å². The lowest BCUT2D eigenvalue weighted by molar-refractivity contribution is 0.0387. The van der Waals surface area contributed by atoms with E-state index in [2.05, 4.69) is 0 Å². The lowest BCUT2D eigenvalue weighted by Gasteiger charge is -2.32. The molecule has 0 spiro atoms. The Hall–Kier alpha value is -1.46. The number of hydrogen-bond acceptors (Lipinski definition) is 5. The Bertz CT molecular complexity index is 415. The molecule has 1 aromatic rings. The van der Waals surface area contributed by atoms with Crippen molar-refractivity contribution in [3.05, 3.63) is 17.7 Å². The summed E-state index contributed by atoms with van der Waals surface area (Å²) in [6.07, 6.45) is -0.778. The molecule has 0 aliphatic rings. The van der Waals surface area contributed by atoms with Crippen LogP contribution in [0.3, 0.4) is 0 Å². The van der Waals surface area contributed by atoms with Crippen LogP contribution in [0, 0.1) is 5.41 Å². The van der Waals surface area contributed by atoms with E-state index < -0.39 is 12.1 Å². The van der Waals surface area contributed by atoms with Crippen molar-refractivity contribution in [2.45, 2.75) is 32.9 Å². The van der Waals surface area contributed by atoms with Crippen LogP contribution in [0.2, 0.25) is 0 Å². The molecule has 19 heavy (non-hydrogen) atoms. The zero-order valence-electron chi connectivity index (χ0n) is 12.1. The first-order valence-electron chi connectivity index (χ1n) is 6.11. The van der Waals surface area contributed by atoms with E-state index in [9.17, 15) is 10.2 Å². The zero-order valence-corrected chi connectivity index (χ0v) is 12.1. The molecule has 0 saturated heterocycles. The van der Waals surface area contributed by atoms with Crippen molar-refractivity contribution in [3.63, 3.8) is 0 Å². The number of aliphatic hydroxyl groups is 1. The molecule has 0 aromatic heterocycles. The molecule has 108 valence electrons. The first-order chi connectivity index (χ1) is 8.72. The van der Waals surface area contributed by atoms with Crippen LogP contribution in [-0.2, 0) is 0 Å². The van der Waals surface area contributed by atoms with E-state index in [-0.39, 0.29) is 11.2 Å². The number of phenolic OH excluding ortho intramolecular Hbond substituents is 1. The maximum atomic E-state index is 10.3. The standard InChI is InChI=1S/C14H23NO4/c1-14(2,3)13(17)12(15)11-9(18-4)6-8(16)7-10(11)19-5/h6-7,12-13,16-17H,15H2,1-5H3/t12-,13-/m0/s1. The average Bonchev–Trinajstić information content (AvgIpc) is 2.34. The van der Waals surface area contributed by atoms with Crippen LogP contribution in [0.4, 0.5) is 0 Å². The molecule has 0 amide bonds. The lowest BCUT2D eigenvalue weighted by Crippen LogP contribution is -2.37. The summed E-state index contributed by atoms with van der Waals surface area (Å²) >= 11 is 0. The van der Waals surface area contributed by atoms with Gasteiger partial charge in [-0.05, 0) is 5.41 Å². The van der Waals surface area contributed by atoms with E-state index in [0.29, 0.717) is 17.1 Å². The first kappa shape index (κ1) is 15.6. The molecule has 5 nitrogen and oxygen atoms in total. The van der Waals surface area contributed by atoms with Gasteiger partial charge >= 0.3 is 0 Å². The number of aliphatic hydroxyl groups excluding tert-OH is 1. The van der Waals surface area contributed by atoms with Gasteiger partial charge in [0, 0.05) is 12.1 Å². The Balaban J connectivity index is 3.32. The molecular formula is C14H23NO4. The van der Waals surface area contributed by atoms with E-state index >= 15 is 0 Å². The number of hydrogen-bond donors (Lipinski definition) is 3. The number of aromatic hydroxyl groups is 1. The normalized spacial score (nSPS) is 14.9. The molecule has 0 heterocycles. The second kappa shape index (κ2) is 5.67. The Morgan fingerprint density at radius 1 is 1.11 bits per heavy atom. The molecule has 0 bridgehead atoms. The van der Waals surface area contributed by atoms with E-state index in [1.165, 1.54) is 26.4 Å². The van der Waals surface area contributed by atoms with Crippen molar-refractivity contribution in [2.75, 3.05) is 14.2 Å². The summed E-state index contributed by atoms with van der Waals surface area (Å²) in [5.41, 5.74) is 6.30. The van der Waals surface area contributed by atoms with Gasteiger partial charge in [-0.25, -0.2) is 0 Å². The Morgan fingerprint density at radius 2 is 1.53 bits per heavy atom. The SMILES string of the molecule is COc1cc(O)cc(OC)c1[C@H](N)[C@H](O)C(C)(C)C. The van der Waals surface area contributed by atoms with Crippen LogP contribution in [0.15, 0.2) is 12.1 Å². The smallest absolute Gasteiger partial charge is 0.131 e. The molecule has 4 N–H and O–H groups in total. The number of methoxy groups -OCH3 is 2. The van der Waals surface area contributed by atoms with Crippen LogP contribution in [0.1, 0.15) is 32.4 Å². The van der Waals surface area contributed by atoms with Gasteiger partial charge < -0.3 is 25.4 Å². The number of rotatable bonds is 4. The average molecular weight is 269 g/mol. The Morgan fingerprint density at radius 3 is 1.84 bits per heavy atom. The van der Waals surface area contributed by atoms with Crippen molar-refractivity contribution < 1.29 is 19.7 Å². The zero-order chi connectivity index (χ0) is 14.8. The summed E-state index contributed by atoms with van der Waals surface area (Å²) in [7, 11) is 2.96. The van der Waals surface area contributed by atoms with E-state index in [1.807, 2.05) is 20.8 Å². The molecule has 1 rings (SSSR count). The van der Waals surface area contributed by atoms with E-state index in [1.54, 1.807) is 0 Å². The summed E-state index contributed by atoms with van der Waals surface area (Å²) in [5, 5.41) is 19.9. The monoisotopic (exact) mass is 269 g/mol. The summed E-state index contributed by atoms with van der Waals surface area (Å²) in [6, 6.07) is 2.23. The largest absolute Gasteiger partial charge is 0.508 e. The maximum absolute atomic E-state index is 10.3. The van der Waals surface area contributed by atoms with Crippen LogP contribution in [0.5, 0.6) is 17.2 Å². The second-order valence-electron chi connectivity index (χ2n) is 5.60. The lowest BCUT2D eigenvalue weighted by atomic mass is 9.82. The van der Waals surface area contributed by atoms with Crippen molar-refractivity contribution in [2.24, 2.45) is 11.1 Å². The molecular weight excluding hydrogens is 246 g/mol. The first-order valence-corrected chi connectivity index (χ1v) is 6.11. The van der Waals surface area contributed by atoms with Gasteiger partial charge in [-0.15, -0.1) is 0 Å². The summed E-state index contributed by atoms with van der Waals surface area (Å²) < 4.78 is 10.4. The third-order valence-electron chi connectivity index (χ3n) is 3.09. The fourth-order valence-electron chi connectivity index (χ4n) is 1.95. The molecule has 2 atom stereocenters. The fourth-order valence-corrected chi connectivity index (χ4v) is 1.95. The molecule has 0 radical (unpaired) electrons. The highest BCUT2D eigenvalue weighted by molar-refractivity contribution is 5.52. The van der Waals surface area contributed by atoms with Crippen LogP contribution < -0.4 is 15.2 Å². The highest BCUT2D eigenvalue weighted by Crippen LogP contribution is 2.40. The van der Waals surface area contributed by atoms with Gasteiger partial charge in [0.2, 0.25) is 0 Å². The van der Waals surface area contributed by atoms with Gasteiger partial charge in [0.25, 0.3) is 0 Å². The number of ether oxygens (including phenoxy) is 2. The van der Waals surface area contributed by atoms with Crippen LogP contribution >= 0.6 is 0 Å². The third-order valence-corrected chi connectivity index (χ3v) is 3.09. The molecule has 0 aliphatic heterocycles. The van der Waals surface area contributed by atoms with Gasteiger partial charge in [-0.1, -0.05) is 20.8 Å². The van der Waals surface area contributed by atoms with Gasteiger partial charge in [0.1, 0.15) is 17.2 Å². The summed E-state index contributed by atoms with van der Waals surface area (Å²) in [5.74, 6) is 0.815. The van der Waals surface area contributed by atoms with Crippen molar-refractivity contribution in [1.82, 2.24) is 0 Å². The molecule has 0 fully saturated rings. The highest BCUT2D eigenvalue weighted by atomic mass is 16.5. The number of benzene rings is 1. The van der Waals surface area contributed by atoms with Crippen LogP contribution in [-0.4, -0.2) is 30.5 Å². The predicted molar refractivity (Wildman–Crippen MR) is 73.6 cm³/mol. The third kappa shape index (κ3) is 3.30. The van der Waals surface area contributed by atoms with Gasteiger partial charge in [-0.2, -0.15) is 0 Å². The minimum absolute atomic E-state index is 0.0231. The summed E-state index contributed by atoms with van der Waals surface area (Å²) in [4.78, 5) is 0. The molecule has 0 aliphatic carbocycles. The molecule has 0 unspecified atom stereocenters. The minimum atomic E-state index is -0.778. The molecule has 1 aromatic carbocycles. The minimum Gasteiger partial charge on any atom is -0.508 e. The van der Waals surface area contributed by atoms with Crippen LogP contribution in [0.25, 0.3) is 0 Å². The molecule has 5 heteroatoms. The summed E-state index contributed by atoms with van der Waals surface area (Å²) in [6.45, 7) is 5.70. The van der Waals surface area contributed by atoms with Crippen molar-refractivity contribution in [1.29, 1.82) is 0 Å². The topological polar surface area (TPSA) is 84.9 Å². The fraction of sp³-hybridized carbons (Fsp3) is 0.571. The number of nitrogens with two attached hydrogens (primary N) is 1. The van der Waals surface area contributed by atoms with Gasteiger partial charge in [-0.3, -0.25) is 0 Å². The highest BCUT2D eigenvalue weighted by Gasteiger charge is 2.32. The maximum Gasteiger partial charge on any atom is 0.131 e. The van der Waals surface area contributed by atoms with Gasteiger partial charge in [0.05, 0.1) is 31.9 Å². The number of phenols is 1. The molecule has 0 saturated carbocycles. The Labute approximate surface area is 114 Å². The Kier molecular flexibility index (Phi) is 4.66. The predicted octanol–water partition coefficient (Wildman–Crippen LogP) is 1.82. The second-order valence-corrected chi connectivity index (χ2v) is 5.60. The van der Waals surface area contributed by atoms with E-state index in [4.69, 9.17) is 15.2 Å². The quantitative estimate of drug-likeness (QED) is 0.776. The van der Waals surface area contributed by atoms with E-state index in [0.717, 1.165) is 0 Å².